The largest absolute Gasteiger partial charge is 0.490 e. The van der Waals surface area contributed by atoms with Crippen molar-refractivity contribution in [1.29, 1.82) is 0 Å². The Balaban J connectivity index is 2.15. The van der Waals surface area contributed by atoms with Crippen molar-refractivity contribution in [2.24, 2.45) is 0 Å². The highest BCUT2D eigenvalue weighted by Gasteiger charge is 2.13. The van der Waals surface area contributed by atoms with Crippen molar-refractivity contribution in [2.45, 2.75) is 25.7 Å². The fraction of sp³-hybridized carbons (Fsp3) is 0.700. The Morgan fingerprint density at radius 3 is 3.00 bits per heavy atom. The number of alkyl halides is 2. The molecule has 0 spiro atoms. The van der Waals surface area contributed by atoms with Crippen molar-refractivity contribution in [3.63, 3.8) is 0 Å². The van der Waals surface area contributed by atoms with Crippen LogP contribution in [0.1, 0.15) is 19.3 Å². The van der Waals surface area contributed by atoms with Crippen LogP contribution >= 0.6 is 0 Å². The van der Waals surface area contributed by atoms with E-state index >= 15 is 0 Å². The normalized spacial score (nSPS) is 16.1. The average Bonchev–Trinajstić information content (AvgIpc) is 2.25. The fourth-order valence-electron chi connectivity index (χ4n) is 1.21. The standard InChI is InChI=1S/C10H14F2O3/c11-10(12)7-14-6-4-8(13)9-3-1-2-5-15-9/h3,10H,1-2,4-7H2. The molecule has 0 aliphatic carbocycles. The summed E-state index contributed by atoms with van der Waals surface area (Å²) in [7, 11) is 0. The van der Waals surface area contributed by atoms with E-state index in [1.165, 1.54) is 0 Å². The maximum Gasteiger partial charge on any atom is 0.261 e. The molecular weight excluding hydrogens is 206 g/mol. The van der Waals surface area contributed by atoms with Gasteiger partial charge >= 0.3 is 0 Å². The van der Waals surface area contributed by atoms with Crippen molar-refractivity contribution < 1.29 is 23.0 Å². The minimum Gasteiger partial charge on any atom is -0.490 e. The van der Waals surface area contributed by atoms with Gasteiger partial charge in [-0.3, -0.25) is 4.79 Å². The molecule has 3 nitrogen and oxygen atoms in total. The van der Waals surface area contributed by atoms with Gasteiger partial charge in [0, 0.05) is 6.42 Å². The molecule has 0 amide bonds. The molecule has 86 valence electrons. The van der Waals surface area contributed by atoms with E-state index in [2.05, 4.69) is 4.74 Å². The third-order valence-electron chi connectivity index (χ3n) is 1.93. The summed E-state index contributed by atoms with van der Waals surface area (Å²) in [6, 6.07) is 0. The molecule has 0 atom stereocenters. The first kappa shape index (κ1) is 12.1. The Hall–Kier alpha value is -0.970. The number of rotatable bonds is 6. The first-order valence-corrected chi connectivity index (χ1v) is 4.92. The van der Waals surface area contributed by atoms with Crippen LogP contribution in [0.2, 0.25) is 0 Å². The van der Waals surface area contributed by atoms with Crippen LogP contribution in [0.3, 0.4) is 0 Å². The van der Waals surface area contributed by atoms with Gasteiger partial charge in [0.05, 0.1) is 13.2 Å². The van der Waals surface area contributed by atoms with Gasteiger partial charge in [0.15, 0.2) is 11.5 Å². The molecule has 0 radical (unpaired) electrons. The van der Waals surface area contributed by atoms with Gasteiger partial charge in [-0.1, -0.05) is 0 Å². The third-order valence-corrected chi connectivity index (χ3v) is 1.93. The number of Topliss-reactive ketones (excluding diaryl/α,β-unsaturated/α-hetero) is 1. The van der Waals surface area contributed by atoms with Gasteiger partial charge in [-0.05, 0) is 18.9 Å². The lowest BCUT2D eigenvalue weighted by molar-refractivity contribution is -0.120. The van der Waals surface area contributed by atoms with Gasteiger partial charge in [-0.15, -0.1) is 0 Å². The highest BCUT2D eigenvalue weighted by Crippen LogP contribution is 2.12. The molecule has 0 fully saturated rings. The van der Waals surface area contributed by atoms with E-state index in [4.69, 9.17) is 4.74 Å². The van der Waals surface area contributed by atoms with Crippen LogP contribution in [0.15, 0.2) is 11.8 Å². The SMILES string of the molecule is O=C(CCOCC(F)F)C1=CCCCO1. The molecule has 0 saturated heterocycles. The molecule has 1 aliphatic heterocycles. The minimum atomic E-state index is -2.48. The molecule has 0 aromatic carbocycles. The average molecular weight is 220 g/mol. The fourth-order valence-corrected chi connectivity index (χ4v) is 1.21. The predicted molar refractivity (Wildman–Crippen MR) is 49.7 cm³/mol. The summed E-state index contributed by atoms with van der Waals surface area (Å²) in [6.45, 7) is -0.0491. The van der Waals surface area contributed by atoms with E-state index < -0.39 is 13.0 Å². The van der Waals surface area contributed by atoms with E-state index in [9.17, 15) is 13.6 Å². The highest BCUT2D eigenvalue weighted by atomic mass is 19.3. The van der Waals surface area contributed by atoms with Gasteiger partial charge in [0.2, 0.25) is 0 Å². The third kappa shape index (κ3) is 4.88. The maximum absolute atomic E-state index is 11.7. The van der Waals surface area contributed by atoms with E-state index in [0.717, 1.165) is 12.8 Å². The number of hydrogen-bond acceptors (Lipinski definition) is 3. The summed E-state index contributed by atoms with van der Waals surface area (Å²) in [6.07, 6.45) is 1.10. The number of hydrogen-bond donors (Lipinski definition) is 0. The van der Waals surface area contributed by atoms with Crippen molar-refractivity contribution in [3.8, 4) is 0 Å². The molecule has 15 heavy (non-hydrogen) atoms. The number of ether oxygens (including phenoxy) is 2. The molecule has 0 aromatic heterocycles. The molecule has 5 heteroatoms. The van der Waals surface area contributed by atoms with E-state index in [0.29, 0.717) is 12.4 Å². The zero-order valence-electron chi connectivity index (χ0n) is 8.38. The lowest BCUT2D eigenvalue weighted by Crippen LogP contribution is -2.14. The molecule has 1 heterocycles. The summed E-state index contributed by atoms with van der Waals surface area (Å²) >= 11 is 0. The van der Waals surface area contributed by atoms with Crippen molar-refractivity contribution in [3.05, 3.63) is 11.8 Å². The smallest absolute Gasteiger partial charge is 0.261 e. The van der Waals surface area contributed by atoms with E-state index in [-0.39, 0.29) is 18.8 Å². The summed E-state index contributed by atoms with van der Waals surface area (Å²) in [5, 5.41) is 0. The van der Waals surface area contributed by atoms with E-state index in [1.54, 1.807) is 6.08 Å². The minimum absolute atomic E-state index is 0.0177. The Morgan fingerprint density at radius 1 is 1.60 bits per heavy atom. The second-order valence-corrected chi connectivity index (χ2v) is 3.20. The maximum atomic E-state index is 11.7. The lowest BCUT2D eigenvalue weighted by atomic mass is 10.1. The van der Waals surface area contributed by atoms with Crippen molar-refractivity contribution in [1.82, 2.24) is 0 Å². The molecule has 0 bridgehead atoms. The quantitative estimate of drug-likeness (QED) is 0.641. The topological polar surface area (TPSA) is 35.5 Å². The Kier molecular flexibility index (Phi) is 5.25. The second kappa shape index (κ2) is 6.50. The van der Waals surface area contributed by atoms with Gasteiger partial charge < -0.3 is 9.47 Å². The van der Waals surface area contributed by atoms with Crippen LogP contribution in [0, 0.1) is 0 Å². The summed E-state index contributed by atoms with van der Waals surface area (Å²) < 4.78 is 33.1. The zero-order chi connectivity index (χ0) is 11.1. The van der Waals surface area contributed by atoms with Crippen molar-refractivity contribution >= 4 is 5.78 Å². The molecule has 0 N–H and O–H groups in total. The van der Waals surface area contributed by atoms with Gasteiger partial charge in [-0.25, -0.2) is 8.78 Å². The Bertz CT molecular complexity index is 239. The first-order chi connectivity index (χ1) is 7.20. The lowest BCUT2D eigenvalue weighted by Gasteiger charge is -2.13. The van der Waals surface area contributed by atoms with Gasteiger partial charge in [0.25, 0.3) is 6.43 Å². The molecule has 0 unspecified atom stereocenters. The number of carbonyl (C=O) groups is 1. The molecule has 0 aromatic rings. The highest BCUT2D eigenvalue weighted by molar-refractivity contribution is 5.93. The summed E-state index contributed by atoms with van der Waals surface area (Å²) in [5.74, 6) is 0.172. The number of carbonyl (C=O) groups excluding carboxylic acids is 1. The Labute approximate surface area is 87.0 Å². The first-order valence-electron chi connectivity index (χ1n) is 4.92. The van der Waals surface area contributed by atoms with Crippen LogP contribution in [0.4, 0.5) is 8.78 Å². The number of halogens is 2. The number of allylic oxidation sites excluding steroid dienone is 2. The molecule has 1 aliphatic rings. The molecule has 0 saturated carbocycles. The summed E-state index contributed by atoms with van der Waals surface area (Å²) in [5.41, 5.74) is 0. The van der Waals surface area contributed by atoms with Gasteiger partial charge in [0.1, 0.15) is 6.61 Å². The van der Waals surface area contributed by atoms with Crippen LogP contribution in [-0.2, 0) is 14.3 Å². The monoisotopic (exact) mass is 220 g/mol. The van der Waals surface area contributed by atoms with Gasteiger partial charge in [-0.2, -0.15) is 0 Å². The predicted octanol–water partition coefficient (Wildman–Crippen LogP) is 1.92. The van der Waals surface area contributed by atoms with Crippen LogP contribution in [-0.4, -0.2) is 32.0 Å². The van der Waals surface area contributed by atoms with E-state index in [1.807, 2.05) is 0 Å². The molecular formula is C10H14F2O3. The van der Waals surface area contributed by atoms with Crippen molar-refractivity contribution in [2.75, 3.05) is 19.8 Å². The van der Waals surface area contributed by atoms with Crippen LogP contribution in [0.25, 0.3) is 0 Å². The number of ketones is 1. The van der Waals surface area contributed by atoms with Crippen LogP contribution in [0.5, 0.6) is 0 Å². The molecule has 1 rings (SSSR count). The second-order valence-electron chi connectivity index (χ2n) is 3.20. The zero-order valence-corrected chi connectivity index (χ0v) is 8.38. The van der Waals surface area contributed by atoms with Crippen LogP contribution < -0.4 is 0 Å². The Morgan fingerprint density at radius 2 is 2.40 bits per heavy atom. The summed E-state index contributed by atoms with van der Waals surface area (Å²) in [4.78, 5) is 11.4.